The van der Waals surface area contributed by atoms with Crippen LogP contribution in [-0.4, -0.2) is 235 Å². The lowest BCUT2D eigenvalue weighted by molar-refractivity contribution is -0.167. The fourth-order valence-electron chi connectivity index (χ4n) is 5.36. The molecule has 0 bridgehead atoms. The van der Waals surface area contributed by atoms with Gasteiger partial charge >= 0.3 is 36.3 Å². The molecule has 26 nitrogen and oxygen atoms in total. The minimum atomic E-state index is -1.71. The fraction of sp³-hybridized carbons (Fsp3) is 0.860. The molecule has 2 rings (SSSR count). The van der Waals surface area contributed by atoms with Crippen LogP contribution in [0.1, 0.15) is 102 Å². The molecule has 0 saturated carbocycles. The van der Waals surface area contributed by atoms with Crippen LogP contribution in [0.4, 0.5) is 14.4 Å². The summed E-state index contributed by atoms with van der Waals surface area (Å²) in [4.78, 5) is 67.4. The quantitative estimate of drug-likeness (QED) is 0.0142. The Kier molecular flexibility index (Phi) is 49.7. The molecule has 6 N–H and O–H groups in total. The van der Waals surface area contributed by atoms with Crippen LogP contribution < -0.4 is 11.1 Å². The smallest absolute Gasteiger partial charge is 0.481 e. The van der Waals surface area contributed by atoms with Crippen molar-refractivity contribution in [3.05, 3.63) is 0 Å². The first-order chi connectivity index (χ1) is 40.2. The number of carbonyl (C=O) groups is 6. The van der Waals surface area contributed by atoms with Crippen molar-refractivity contribution >= 4 is 52.9 Å². The Morgan fingerprint density at radius 1 is 0.600 bits per heavy atom. The van der Waals surface area contributed by atoms with Gasteiger partial charge in [-0.05, 0) is 102 Å². The first-order valence-corrected chi connectivity index (χ1v) is 34.3. The third-order valence-corrected chi connectivity index (χ3v) is 22.4. The number of amides is 1. The zero-order valence-corrected chi connectivity index (χ0v) is 56.4. The number of hydrogen-bond acceptors (Lipinski definition) is 24. The highest BCUT2D eigenvalue weighted by molar-refractivity contribution is 6.74. The largest absolute Gasteiger partial charge is 0.508 e. The Morgan fingerprint density at radius 2 is 0.988 bits per heavy atom. The van der Waals surface area contributed by atoms with E-state index >= 15 is 0 Å². The number of esters is 2. The third-order valence-electron chi connectivity index (χ3n) is 13.3. The molecule has 28 heteroatoms. The van der Waals surface area contributed by atoms with E-state index in [2.05, 4.69) is 103 Å². The van der Waals surface area contributed by atoms with Crippen LogP contribution >= 0.6 is 0 Å². The van der Waals surface area contributed by atoms with E-state index in [0.29, 0.717) is 64.4 Å². The number of rotatable bonds is 36. The minimum Gasteiger partial charge on any atom is -0.481 e. The number of aliphatic hydroxyl groups is 2. The van der Waals surface area contributed by atoms with Gasteiger partial charge in [-0.15, -0.1) is 12.8 Å². The van der Waals surface area contributed by atoms with E-state index in [-0.39, 0.29) is 64.5 Å². The van der Waals surface area contributed by atoms with Crippen LogP contribution in [0.15, 0.2) is 0 Å². The van der Waals surface area contributed by atoms with Crippen molar-refractivity contribution in [3.8, 4) is 12.8 Å². The number of nitrogens with one attached hydrogen (secondary N) is 1. The van der Waals surface area contributed by atoms with Gasteiger partial charge < -0.3 is 96.8 Å². The van der Waals surface area contributed by atoms with Crippen molar-refractivity contribution < 1.29 is 116 Å². The number of aliphatic carboxylic acids is 1. The van der Waals surface area contributed by atoms with Gasteiger partial charge in [0.05, 0.1) is 72.7 Å². The average Bonchev–Trinajstić information content (AvgIpc) is 3.65. The summed E-state index contributed by atoms with van der Waals surface area (Å²) in [6.45, 7) is 33.1. The van der Waals surface area contributed by atoms with Crippen LogP contribution in [0.25, 0.3) is 0 Å². The van der Waals surface area contributed by atoms with Crippen LogP contribution in [0.2, 0.25) is 36.3 Å². The van der Waals surface area contributed by atoms with E-state index < -0.39 is 75.8 Å². The summed E-state index contributed by atoms with van der Waals surface area (Å²) in [6, 6.07) is 0. The van der Waals surface area contributed by atoms with E-state index in [0.717, 1.165) is 51.9 Å². The number of carboxylic acid groups (broad SMARTS) is 1. The zero-order chi connectivity index (χ0) is 66.8. The number of carboxylic acids is 1. The SMILES string of the molecule is CC(C)(C)[Si](C)(C)OCCCCCN.CC1(C(=O)O)COC(=O)OC1.COCCOCCO.COCCOCCOC(=O)C(C)(CO)COC(=O)NCCCCCO[Si](C)(C)C(C)(C)C.COCCOCCOC(=O)C1(C)COC(=O)OC1.[2H]C#C. The summed E-state index contributed by atoms with van der Waals surface area (Å²) in [6.07, 6.45) is 9.73. The average molecular weight is 1270 g/mol. The number of ether oxygens (including phenoxy) is 13. The molecule has 0 aromatic carbocycles. The van der Waals surface area contributed by atoms with Gasteiger partial charge in [-0.1, -0.05) is 41.5 Å². The maximum atomic E-state index is 12.2. The van der Waals surface area contributed by atoms with Gasteiger partial charge in [0.25, 0.3) is 0 Å². The van der Waals surface area contributed by atoms with Gasteiger partial charge in [0.2, 0.25) is 0 Å². The van der Waals surface area contributed by atoms with Gasteiger partial charge in [0, 0.05) is 41.1 Å². The Balaban J connectivity index is -0.000000525. The van der Waals surface area contributed by atoms with Crippen molar-refractivity contribution in [3.63, 3.8) is 0 Å². The molecule has 2 heterocycles. The molecule has 1 amide bonds. The third kappa shape index (κ3) is 44.0. The highest BCUT2D eigenvalue weighted by Crippen LogP contribution is 2.37. The molecule has 2 fully saturated rings. The number of carbonyl (C=O) groups excluding carboxylic acids is 5. The summed E-state index contributed by atoms with van der Waals surface area (Å²) in [7, 11) is 1.55. The maximum Gasteiger partial charge on any atom is 0.508 e. The summed E-state index contributed by atoms with van der Waals surface area (Å²) in [5.74, 6) is -2.14. The molecule has 2 saturated heterocycles. The predicted molar refractivity (Wildman–Crippen MR) is 323 cm³/mol. The second-order valence-electron chi connectivity index (χ2n) is 23.2. The first-order valence-electron chi connectivity index (χ1n) is 29.0. The summed E-state index contributed by atoms with van der Waals surface area (Å²) < 4.78 is 80.8. The van der Waals surface area contributed by atoms with Crippen molar-refractivity contribution in [2.75, 3.05) is 167 Å². The molecule has 1 atom stereocenters. The van der Waals surface area contributed by atoms with E-state index in [1.165, 1.54) is 26.7 Å². The van der Waals surface area contributed by atoms with E-state index in [4.69, 9.17) is 64.1 Å². The maximum absolute atomic E-state index is 12.2. The molecule has 2 aliphatic rings. The van der Waals surface area contributed by atoms with E-state index in [1.54, 1.807) is 28.3 Å². The zero-order valence-electron chi connectivity index (χ0n) is 55.4. The highest BCUT2D eigenvalue weighted by atomic mass is 28.4. The van der Waals surface area contributed by atoms with E-state index in [9.17, 15) is 33.9 Å². The number of aliphatic hydroxyl groups excluding tert-OH is 2. The number of methoxy groups -OCH3 is 3. The van der Waals surface area contributed by atoms with Crippen molar-refractivity contribution in [1.82, 2.24) is 5.32 Å². The van der Waals surface area contributed by atoms with Crippen LogP contribution in [-0.2, 0) is 84.8 Å². The van der Waals surface area contributed by atoms with Gasteiger partial charge in [-0.2, -0.15) is 0 Å². The Labute approximate surface area is 511 Å². The predicted octanol–water partition coefficient (Wildman–Crippen LogP) is 6.75. The number of cyclic esters (lactones) is 4. The molecule has 502 valence electrons. The van der Waals surface area contributed by atoms with Gasteiger partial charge in [0.1, 0.15) is 63.9 Å². The molecule has 1 unspecified atom stereocenters. The number of unbranched alkanes of at least 4 members (excludes halogenated alkanes) is 4. The lowest BCUT2D eigenvalue weighted by Crippen LogP contribution is -2.44. The fourth-order valence-corrected chi connectivity index (χ4v) is 7.54. The molecular weight excluding hydrogens is 1150 g/mol. The van der Waals surface area contributed by atoms with Crippen LogP contribution in [0, 0.1) is 29.1 Å². The lowest BCUT2D eigenvalue weighted by Gasteiger charge is -2.36. The Morgan fingerprint density at radius 3 is 1.36 bits per heavy atom. The molecule has 0 aromatic heterocycles. The molecule has 0 aliphatic carbocycles. The van der Waals surface area contributed by atoms with Crippen LogP contribution in [0.3, 0.4) is 0 Å². The summed E-state index contributed by atoms with van der Waals surface area (Å²) in [5, 5.41) is 29.6. The lowest BCUT2D eigenvalue weighted by atomic mass is 9.93. The van der Waals surface area contributed by atoms with E-state index in [1.807, 2.05) is 0 Å². The first kappa shape index (κ1) is 85.0. The van der Waals surface area contributed by atoms with Crippen molar-refractivity contribution in [2.24, 2.45) is 22.0 Å². The summed E-state index contributed by atoms with van der Waals surface area (Å²) in [5.41, 5.74) is 2.07. The topological polar surface area (TPSA) is 340 Å². The molecule has 0 radical (unpaired) electrons. The minimum absolute atomic E-state index is 0.0325. The molecule has 0 aromatic rings. The second kappa shape index (κ2) is 49.7. The summed E-state index contributed by atoms with van der Waals surface area (Å²) >= 11 is 0. The van der Waals surface area contributed by atoms with Crippen LogP contribution in [0.5, 0.6) is 0 Å². The van der Waals surface area contributed by atoms with Gasteiger partial charge in [0.15, 0.2) is 16.6 Å². The monoisotopic (exact) mass is 1270 g/mol. The van der Waals surface area contributed by atoms with Crippen molar-refractivity contribution in [2.45, 2.75) is 137 Å². The number of hydrogen-bond donors (Lipinski definition) is 5. The number of alkyl carbamates (subject to hydrolysis) is 1. The molecule has 2 aliphatic heterocycles. The normalized spacial score (nSPS) is 15.1. The standard InChI is InChI=1S/C22H45NO8Si.C11H27NOSi.C11H18O7.C6H8O5.C5H12O3.C2H2/c1-21(2,3)32(6,7)31-12-10-8-9-11-23-20(26)30-18-22(4,17-24)19(25)29-16-15-28-14-13-27-5;1-11(2,3)14(4,5)13-10-8-6-7-9-12;1-11(7-17-10(13)18-8-11)9(12)16-6-5-15-4-3-14-2;1-6(4(7)8)2-10-5(9)11-3-6;1-7-4-5-8-3-2-6;1-2/h24H,8-18H2,1-7H3,(H,23,26);6-10,12H2,1-5H3;3-8H2,1-2H3;2-3H2,1H3,(H,7,8);6H,2-5H2,1H3;1-2H/i;;;;;1D. The van der Waals surface area contributed by atoms with Gasteiger partial charge in [-0.25, -0.2) is 14.4 Å². The Bertz CT molecular complexity index is 1810. The Hall–Kier alpha value is -4.23. The molecule has 85 heavy (non-hydrogen) atoms. The van der Waals surface area contributed by atoms with Crippen molar-refractivity contribution in [1.29, 1.82) is 0 Å². The number of terminal acetylenes is 1. The van der Waals surface area contributed by atoms with Gasteiger partial charge in [-0.3, -0.25) is 14.4 Å². The number of nitrogens with two attached hydrogens (primary N) is 1. The molecule has 0 spiro atoms. The second-order valence-corrected chi connectivity index (χ2v) is 32.9. The highest BCUT2D eigenvalue weighted by Gasteiger charge is 2.43. The molecular formula is C57H112N2O24Si2.